The van der Waals surface area contributed by atoms with Gasteiger partial charge in [-0.3, -0.25) is 4.90 Å². The summed E-state index contributed by atoms with van der Waals surface area (Å²) in [5.41, 5.74) is 2.75. The number of nitrogens with zero attached hydrogens (tertiary/aromatic N) is 1. The SMILES string of the molecule is CC1=CCCN(Cc2ccoc2)C1. The summed E-state index contributed by atoms with van der Waals surface area (Å²) in [5, 5.41) is 0. The van der Waals surface area contributed by atoms with Crippen LogP contribution in [0.1, 0.15) is 18.9 Å². The zero-order valence-corrected chi connectivity index (χ0v) is 7.99. The third-order valence-corrected chi connectivity index (χ3v) is 2.40. The molecule has 1 aliphatic rings. The fraction of sp³-hybridized carbons (Fsp3) is 0.455. The highest BCUT2D eigenvalue weighted by Crippen LogP contribution is 2.12. The summed E-state index contributed by atoms with van der Waals surface area (Å²) in [6.07, 6.45) is 7.07. The van der Waals surface area contributed by atoms with E-state index < -0.39 is 0 Å². The van der Waals surface area contributed by atoms with Gasteiger partial charge in [-0.25, -0.2) is 0 Å². The van der Waals surface area contributed by atoms with Crippen LogP contribution in [0.2, 0.25) is 0 Å². The summed E-state index contributed by atoms with van der Waals surface area (Å²) in [4.78, 5) is 2.44. The molecule has 0 aliphatic carbocycles. The van der Waals surface area contributed by atoms with Crippen LogP contribution in [0.3, 0.4) is 0 Å². The van der Waals surface area contributed by atoms with E-state index in [2.05, 4.69) is 17.9 Å². The van der Waals surface area contributed by atoms with Gasteiger partial charge in [-0.05, 0) is 19.4 Å². The number of hydrogen-bond donors (Lipinski definition) is 0. The normalized spacial score (nSPS) is 18.7. The molecule has 2 heterocycles. The summed E-state index contributed by atoms with van der Waals surface area (Å²) < 4.78 is 5.04. The lowest BCUT2D eigenvalue weighted by Gasteiger charge is -2.25. The molecular formula is C11H15NO. The van der Waals surface area contributed by atoms with Crippen molar-refractivity contribution in [2.45, 2.75) is 19.9 Å². The van der Waals surface area contributed by atoms with E-state index in [4.69, 9.17) is 4.42 Å². The van der Waals surface area contributed by atoms with Crippen LogP contribution >= 0.6 is 0 Å². The van der Waals surface area contributed by atoms with Gasteiger partial charge >= 0.3 is 0 Å². The monoisotopic (exact) mass is 177 g/mol. The van der Waals surface area contributed by atoms with E-state index in [-0.39, 0.29) is 0 Å². The molecule has 0 aromatic carbocycles. The Bertz CT molecular complexity index is 287. The first-order valence-electron chi connectivity index (χ1n) is 4.73. The Morgan fingerprint density at radius 3 is 3.15 bits per heavy atom. The second kappa shape index (κ2) is 3.79. The molecule has 0 saturated heterocycles. The van der Waals surface area contributed by atoms with Crippen LogP contribution in [0.4, 0.5) is 0 Å². The van der Waals surface area contributed by atoms with E-state index in [0.717, 1.165) is 13.1 Å². The Balaban J connectivity index is 1.93. The average Bonchev–Trinajstić information content (AvgIpc) is 2.57. The highest BCUT2D eigenvalue weighted by molar-refractivity contribution is 5.09. The quantitative estimate of drug-likeness (QED) is 0.645. The number of rotatable bonds is 2. The third kappa shape index (κ3) is 2.22. The minimum atomic E-state index is 1.02. The molecular weight excluding hydrogens is 162 g/mol. The van der Waals surface area contributed by atoms with Crippen molar-refractivity contribution in [3.63, 3.8) is 0 Å². The Labute approximate surface area is 78.8 Å². The highest BCUT2D eigenvalue weighted by Gasteiger charge is 2.10. The van der Waals surface area contributed by atoms with Crippen LogP contribution in [0.5, 0.6) is 0 Å². The molecule has 1 aromatic rings. The van der Waals surface area contributed by atoms with Gasteiger partial charge in [-0.1, -0.05) is 11.6 Å². The van der Waals surface area contributed by atoms with Crippen molar-refractivity contribution in [2.75, 3.05) is 13.1 Å². The molecule has 2 nitrogen and oxygen atoms in total. The average molecular weight is 177 g/mol. The van der Waals surface area contributed by atoms with E-state index in [1.54, 1.807) is 6.26 Å². The maximum absolute atomic E-state index is 5.04. The predicted octanol–water partition coefficient (Wildman–Crippen LogP) is 2.43. The Morgan fingerprint density at radius 2 is 2.46 bits per heavy atom. The smallest absolute Gasteiger partial charge is 0.0947 e. The first-order chi connectivity index (χ1) is 6.34. The van der Waals surface area contributed by atoms with Crippen LogP contribution in [0.15, 0.2) is 34.7 Å². The summed E-state index contributed by atoms with van der Waals surface area (Å²) in [5.74, 6) is 0. The Kier molecular flexibility index (Phi) is 2.50. The lowest BCUT2D eigenvalue weighted by atomic mass is 10.1. The second-order valence-electron chi connectivity index (χ2n) is 3.68. The van der Waals surface area contributed by atoms with Crippen LogP contribution in [-0.2, 0) is 6.54 Å². The molecule has 70 valence electrons. The molecule has 2 rings (SSSR count). The van der Waals surface area contributed by atoms with E-state index >= 15 is 0 Å². The predicted molar refractivity (Wildman–Crippen MR) is 52.4 cm³/mol. The van der Waals surface area contributed by atoms with Crippen molar-refractivity contribution in [1.29, 1.82) is 0 Å². The molecule has 0 amide bonds. The first-order valence-corrected chi connectivity index (χ1v) is 4.73. The fourth-order valence-corrected chi connectivity index (χ4v) is 1.77. The van der Waals surface area contributed by atoms with Crippen molar-refractivity contribution >= 4 is 0 Å². The Hall–Kier alpha value is -1.02. The van der Waals surface area contributed by atoms with Gasteiger partial charge in [-0.2, -0.15) is 0 Å². The van der Waals surface area contributed by atoms with Gasteiger partial charge in [0.25, 0.3) is 0 Å². The zero-order valence-electron chi connectivity index (χ0n) is 7.99. The lowest BCUT2D eigenvalue weighted by Crippen LogP contribution is -2.28. The van der Waals surface area contributed by atoms with E-state index in [1.165, 1.54) is 24.1 Å². The summed E-state index contributed by atoms with van der Waals surface area (Å²) in [6, 6.07) is 2.04. The highest BCUT2D eigenvalue weighted by atomic mass is 16.3. The van der Waals surface area contributed by atoms with Gasteiger partial charge in [0, 0.05) is 25.2 Å². The molecule has 1 aliphatic heterocycles. The first kappa shape index (κ1) is 8.57. The van der Waals surface area contributed by atoms with Gasteiger partial charge in [-0.15, -0.1) is 0 Å². The van der Waals surface area contributed by atoms with Gasteiger partial charge in [0.15, 0.2) is 0 Å². The van der Waals surface area contributed by atoms with Crippen molar-refractivity contribution in [1.82, 2.24) is 4.90 Å². The molecule has 0 fully saturated rings. The zero-order chi connectivity index (χ0) is 9.10. The third-order valence-electron chi connectivity index (χ3n) is 2.40. The minimum Gasteiger partial charge on any atom is -0.472 e. The van der Waals surface area contributed by atoms with Crippen LogP contribution in [-0.4, -0.2) is 18.0 Å². The van der Waals surface area contributed by atoms with Gasteiger partial charge in [0.05, 0.1) is 12.5 Å². The number of hydrogen-bond acceptors (Lipinski definition) is 2. The van der Waals surface area contributed by atoms with E-state index in [0.29, 0.717) is 0 Å². The van der Waals surface area contributed by atoms with Crippen molar-refractivity contribution in [3.05, 3.63) is 35.8 Å². The van der Waals surface area contributed by atoms with Gasteiger partial charge in [0.1, 0.15) is 0 Å². The molecule has 0 radical (unpaired) electrons. The summed E-state index contributed by atoms with van der Waals surface area (Å²) in [7, 11) is 0. The van der Waals surface area contributed by atoms with Crippen LogP contribution in [0, 0.1) is 0 Å². The minimum absolute atomic E-state index is 1.02. The van der Waals surface area contributed by atoms with E-state index in [1.807, 2.05) is 12.3 Å². The standard InChI is InChI=1S/C11H15NO/c1-10-3-2-5-12(7-10)8-11-4-6-13-9-11/h3-4,6,9H,2,5,7-8H2,1H3. The van der Waals surface area contributed by atoms with Crippen LogP contribution < -0.4 is 0 Å². The molecule has 0 atom stereocenters. The maximum Gasteiger partial charge on any atom is 0.0947 e. The van der Waals surface area contributed by atoms with Crippen molar-refractivity contribution < 1.29 is 4.42 Å². The van der Waals surface area contributed by atoms with Gasteiger partial charge in [0.2, 0.25) is 0 Å². The summed E-state index contributed by atoms with van der Waals surface area (Å²) >= 11 is 0. The molecule has 0 bridgehead atoms. The van der Waals surface area contributed by atoms with Crippen LogP contribution in [0.25, 0.3) is 0 Å². The lowest BCUT2D eigenvalue weighted by molar-refractivity contribution is 0.281. The topological polar surface area (TPSA) is 16.4 Å². The summed E-state index contributed by atoms with van der Waals surface area (Å²) in [6.45, 7) is 5.48. The van der Waals surface area contributed by atoms with E-state index in [9.17, 15) is 0 Å². The Morgan fingerprint density at radius 1 is 1.54 bits per heavy atom. The molecule has 13 heavy (non-hydrogen) atoms. The molecule has 0 N–H and O–H groups in total. The molecule has 1 aromatic heterocycles. The van der Waals surface area contributed by atoms with Gasteiger partial charge < -0.3 is 4.42 Å². The molecule has 0 spiro atoms. The number of furan rings is 1. The van der Waals surface area contributed by atoms with Crippen molar-refractivity contribution in [3.8, 4) is 0 Å². The van der Waals surface area contributed by atoms with Crippen molar-refractivity contribution in [2.24, 2.45) is 0 Å². The molecule has 0 saturated carbocycles. The largest absolute Gasteiger partial charge is 0.472 e. The fourth-order valence-electron chi connectivity index (χ4n) is 1.77. The molecule has 0 unspecified atom stereocenters. The molecule has 2 heteroatoms. The second-order valence-corrected chi connectivity index (χ2v) is 3.68. The maximum atomic E-state index is 5.04.